The molecule has 0 heterocycles. The molecule has 0 aromatic heterocycles. The van der Waals surface area contributed by atoms with E-state index >= 15 is 0 Å². The van der Waals surface area contributed by atoms with E-state index in [2.05, 4.69) is 32.9 Å². The van der Waals surface area contributed by atoms with Crippen LogP contribution in [0.5, 0.6) is 0 Å². The summed E-state index contributed by atoms with van der Waals surface area (Å²) in [6, 6.07) is 10.2. The Morgan fingerprint density at radius 3 is 2.21 bits per heavy atom. The molecular weight excluding hydrogens is 172 g/mol. The van der Waals surface area contributed by atoms with Crippen LogP contribution in [-0.4, -0.2) is 6.29 Å². The van der Waals surface area contributed by atoms with Gasteiger partial charge in [0.15, 0.2) is 0 Å². The van der Waals surface area contributed by atoms with Crippen LogP contribution in [0, 0.1) is 11.3 Å². The van der Waals surface area contributed by atoms with Crippen molar-refractivity contribution in [2.45, 2.75) is 27.2 Å². The van der Waals surface area contributed by atoms with Crippen molar-refractivity contribution in [2.75, 3.05) is 0 Å². The quantitative estimate of drug-likeness (QED) is 0.669. The zero-order valence-corrected chi connectivity index (χ0v) is 9.16. The SMILES string of the molecule is CC(C)(C)C(C=O)Cc1ccccc1. The Bertz CT molecular complexity index is 282. The summed E-state index contributed by atoms with van der Waals surface area (Å²) in [5.74, 6) is 0.102. The minimum Gasteiger partial charge on any atom is -0.303 e. The predicted octanol–water partition coefficient (Wildman–Crippen LogP) is 3.09. The highest BCUT2D eigenvalue weighted by atomic mass is 16.1. The Balaban J connectivity index is 2.72. The van der Waals surface area contributed by atoms with E-state index in [-0.39, 0.29) is 11.3 Å². The second kappa shape index (κ2) is 4.41. The molecule has 1 rings (SSSR count). The van der Waals surface area contributed by atoms with Gasteiger partial charge in [-0.05, 0) is 17.4 Å². The van der Waals surface area contributed by atoms with Crippen molar-refractivity contribution in [1.82, 2.24) is 0 Å². The standard InChI is InChI=1S/C13H18O/c1-13(2,3)12(10-14)9-11-7-5-4-6-8-11/h4-8,10,12H,9H2,1-3H3. The topological polar surface area (TPSA) is 17.1 Å². The molecule has 1 heteroatoms. The molecule has 1 unspecified atom stereocenters. The van der Waals surface area contributed by atoms with Gasteiger partial charge in [-0.2, -0.15) is 0 Å². The zero-order valence-electron chi connectivity index (χ0n) is 9.16. The van der Waals surface area contributed by atoms with Gasteiger partial charge >= 0.3 is 0 Å². The van der Waals surface area contributed by atoms with Gasteiger partial charge in [-0.25, -0.2) is 0 Å². The lowest BCUT2D eigenvalue weighted by molar-refractivity contribution is -0.113. The molecule has 0 saturated heterocycles. The molecule has 0 saturated carbocycles. The first-order valence-electron chi connectivity index (χ1n) is 5.03. The molecule has 0 radical (unpaired) electrons. The second-order valence-corrected chi connectivity index (χ2v) is 4.80. The van der Waals surface area contributed by atoms with Gasteiger partial charge in [0.1, 0.15) is 6.29 Å². The molecule has 0 bridgehead atoms. The lowest BCUT2D eigenvalue weighted by atomic mass is 9.78. The van der Waals surface area contributed by atoms with Gasteiger partial charge in [-0.3, -0.25) is 0 Å². The van der Waals surface area contributed by atoms with Gasteiger partial charge in [0.2, 0.25) is 0 Å². The molecule has 0 fully saturated rings. The third kappa shape index (κ3) is 2.99. The number of benzene rings is 1. The van der Waals surface area contributed by atoms with E-state index in [0.29, 0.717) is 0 Å². The first-order valence-corrected chi connectivity index (χ1v) is 5.03. The van der Waals surface area contributed by atoms with E-state index in [1.165, 1.54) is 5.56 Å². The van der Waals surface area contributed by atoms with Crippen LogP contribution in [-0.2, 0) is 11.2 Å². The van der Waals surface area contributed by atoms with Crippen LogP contribution in [0.2, 0.25) is 0 Å². The molecule has 0 N–H and O–H groups in total. The van der Waals surface area contributed by atoms with Crippen LogP contribution in [0.3, 0.4) is 0 Å². The fraction of sp³-hybridized carbons (Fsp3) is 0.462. The number of carbonyl (C=O) groups is 1. The maximum absolute atomic E-state index is 11.0. The minimum absolute atomic E-state index is 0.0532. The highest BCUT2D eigenvalue weighted by molar-refractivity contribution is 5.55. The molecular formula is C13H18O. The van der Waals surface area contributed by atoms with Crippen LogP contribution in [0.15, 0.2) is 30.3 Å². The summed E-state index contributed by atoms with van der Waals surface area (Å²) in [5.41, 5.74) is 1.29. The van der Waals surface area contributed by atoms with Gasteiger partial charge < -0.3 is 4.79 Å². The number of hydrogen-bond donors (Lipinski definition) is 0. The van der Waals surface area contributed by atoms with E-state index in [1.54, 1.807) is 0 Å². The van der Waals surface area contributed by atoms with E-state index in [9.17, 15) is 4.79 Å². The highest BCUT2D eigenvalue weighted by Crippen LogP contribution is 2.27. The Hall–Kier alpha value is -1.11. The maximum atomic E-state index is 11.0. The molecule has 1 aromatic carbocycles. The molecule has 1 atom stereocenters. The summed E-state index contributed by atoms with van der Waals surface area (Å²) in [5, 5.41) is 0. The first-order chi connectivity index (χ1) is 6.54. The fourth-order valence-electron chi connectivity index (χ4n) is 1.43. The van der Waals surface area contributed by atoms with E-state index < -0.39 is 0 Å². The molecule has 0 aliphatic heterocycles. The first kappa shape index (κ1) is 11.0. The molecule has 0 amide bonds. The van der Waals surface area contributed by atoms with Crippen molar-refractivity contribution in [3.05, 3.63) is 35.9 Å². The Kier molecular flexibility index (Phi) is 3.45. The Labute approximate surface area is 86.1 Å². The van der Waals surface area contributed by atoms with E-state index in [1.807, 2.05) is 18.2 Å². The van der Waals surface area contributed by atoms with Crippen LogP contribution >= 0.6 is 0 Å². The average molecular weight is 190 g/mol. The van der Waals surface area contributed by atoms with E-state index in [0.717, 1.165) is 12.7 Å². The molecule has 76 valence electrons. The number of rotatable bonds is 3. The molecule has 1 nitrogen and oxygen atoms in total. The van der Waals surface area contributed by atoms with E-state index in [4.69, 9.17) is 0 Å². The van der Waals surface area contributed by atoms with Crippen molar-refractivity contribution < 1.29 is 4.79 Å². The van der Waals surface area contributed by atoms with Crippen molar-refractivity contribution >= 4 is 6.29 Å². The fourth-order valence-corrected chi connectivity index (χ4v) is 1.43. The zero-order chi connectivity index (χ0) is 10.6. The highest BCUT2D eigenvalue weighted by Gasteiger charge is 2.23. The molecule has 0 aliphatic rings. The number of hydrogen-bond acceptors (Lipinski definition) is 1. The van der Waals surface area contributed by atoms with Gasteiger partial charge in [0.25, 0.3) is 0 Å². The van der Waals surface area contributed by atoms with Gasteiger partial charge in [-0.15, -0.1) is 0 Å². The summed E-state index contributed by atoms with van der Waals surface area (Å²) in [7, 11) is 0. The summed E-state index contributed by atoms with van der Waals surface area (Å²) >= 11 is 0. The normalized spacial score (nSPS) is 13.6. The van der Waals surface area contributed by atoms with Gasteiger partial charge in [0, 0.05) is 5.92 Å². The summed E-state index contributed by atoms with van der Waals surface area (Å²) < 4.78 is 0. The number of aldehydes is 1. The van der Waals surface area contributed by atoms with Gasteiger partial charge in [0.05, 0.1) is 0 Å². The Morgan fingerprint density at radius 2 is 1.79 bits per heavy atom. The van der Waals surface area contributed by atoms with Crippen LogP contribution in [0.4, 0.5) is 0 Å². The number of carbonyl (C=O) groups excluding carboxylic acids is 1. The summed E-state index contributed by atoms with van der Waals surface area (Å²) in [6.07, 6.45) is 1.92. The lowest BCUT2D eigenvalue weighted by Gasteiger charge is -2.25. The lowest BCUT2D eigenvalue weighted by Crippen LogP contribution is -2.23. The monoisotopic (exact) mass is 190 g/mol. The third-order valence-electron chi connectivity index (χ3n) is 2.58. The van der Waals surface area contributed by atoms with Crippen molar-refractivity contribution in [2.24, 2.45) is 11.3 Å². The summed E-state index contributed by atoms with van der Waals surface area (Å²) in [6.45, 7) is 6.32. The molecule has 1 aromatic rings. The van der Waals surface area contributed by atoms with Crippen LogP contribution < -0.4 is 0 Å². The minimum atomic E-state index is 0.0532. The Morgan fingerprint density at radius 1 is 1.21 bits per heavy atom. The van der Waals surface area contributed by atoms with Crippen molar-refractivity contribution in [1.29, 1.82) is 0 Å². The van der Waals surface area contributed by atoms with Crippen molar-refractivity contribution in [3.63, 3.8) is 0 Å². The predicted molar refractivity (Wildman–Crippen MR) is 59.2 cm³/mol. The van der Waals surface area contributed by atoms with Crippen LogP contribution in [0.1, 0.15) is 26.3 Å². The third-order valence-corrected chi connectivity index (χ3v) is 2.58. The van der Waals surface area contributed by atoms with Crippen LogP contribution in [0.25, 0.3) is 0 Å². The molecule has 14 heavy (non-hydrogen) atoms. The molecule has 0 spiro atoms. The maximum Gasteiger partial charge on any atom is 0.123 e. The van der Waals surface area contributed by atoms with Crippen molar-refractivity contribution in [3.8, 4) is 0 Å². The second-order valence-electron chi connectivity index (χ2n) is 4.80. The van der Waals surface area contributed by atoms with Gasteiger partial charge in [-0.1, -0.05) is 51.1 Å². The average Bonchev–Trinajstić information content (AvgIpc) is 2.14. The largest absolute Gasteiger partial charge is 0.303 e. The summed E-state index contributed by atoms with van der Waals surface area (Å²) in [4.78, 5) is 11.0. The molecule has 0 aliphatic carbocycles. The smallest absolute Gasteiger partial charge is 0.123 e.